The predicted molar refractivity (Wildman–Crippen MR) is 219 cm³/mol. The third kappa shape index (κ3) is 39.9. The van der Waals surface area contributed by atoms with Gasteiger partial charge in [-0.05, 0) is 24.7 Å². The molecule has 0 aromatic heterocycles. The second-order valence-corrected chi connectivity index (χ2v) is 16.6. The van der Waals surface area contributed by atoms with Gasteiger partial charge in [0.25, 0.3) is 0 Å². The van der Waals surface area contributed by atoms with Gasteiger partial charge in [0.2, 0.25) is 0 Å². The number of hydrogen-bond acceptors (Lipinski definition) is 5. The van der Waals surface area contributed by atoms with Crippen molar-refractivity contribution in [3.05, 3.63) is 0 Å². The summed E-state index contributed by atoms with van der Waals surface area (Å²) in [5.41, 5.74) is 0. The maximum absolute atomic E-state index is 12.2. The maximum Gasteiger partial charge on any atom is 0.306 e. The molecule has 0 saturated carbocycles. The molecule has 5 heteroatoms. The van der Waals surface area contributed by atoms with Crippen molar-refractivity contribution in [3.8, 4) is 0 Å². The lowest BCUT2D eigenvalue weighted by Crippen LogP contribution is -2.28. The van der Waals surface area contributed by atoms with Crippen LogP contribution < -0.4 is 0 Å². The Hall–Kier alpha value is -1.10. The maximum atomic E-state index is 12.2. The number of aliphatic hydroxyl groups is 1. The number of unbranched alkanes of at least 4 members (excludes halogenated alkanes) is 28. The highest BCUT2D eigenvalue weighted by molar-refractivity contribution is 5.70. The van der Waals surface area contributed by atoms with Gasteiger partial charge in [0.1, 0.15) is 6.61 Å². The number of rotatable bonds is 41. The van der Waals surface area contributed by atoms with E-state index in [1.165, 1.54) is 180 Å². The second kappa shape index (κ2) is 40.1. The molecule has 304 valence electrons. The molecule has 0 aliphatic carbocycles. The fraction of sp³-hybridized carbons (Fsp3) is 0.957. The summed E-state index contributed by atoms with van der Waals surface area (Å²) in [5.74, 6) is 1.18. The van der Waals surface area contributed by atoms with Crippen LogP contribution >= 0.6 is 0 Å². The smallest absolute Gasteiger partial charge is 0.306 e. The Kier molecular flexibility index (Phi) is 39.2. The average molecular weight is 723 g/mol. The van der Waals surface area contributed by atoms with Crippen LogP contribution in [0.4, 0.5) is 0 Å². The van der Waals surface area contributed by atoms with Crippen LogP contribution in [-0.2, 0) is 19.1 Å². The minimum Gasteiger partial charge on any atom is -0.462 e. The molecular formula is C46H90O5. The molecule has 0 spiro atoms. The minimum absolute atomic E-state index is 0.0579. The van der Waals surface area contributed by atoms with Crippen LogP contribution in [0.15, 0.2) is 0 Å². The van der Waals surface area contributed by atoms with Crippen molar-refractivity contribution in [1.82, 2.24) is 0 Å². The Bertz CT molecular complexity index is 722. The van der Waals surface area contributed by atoms with Crippen molar-refractivity contribution < 1.29 is 24.2 Å². The first-order valence-electron chi connectivity index (χ1n) is 22.8. The molecule has 0 bridgehead atoms. The standard InChI is InChI=1S/C46H90O5/c1-5-43(4)37-33-29-25-21-17-12-10-8-6-7-9-11-13-19-23-27-31-35-39-46(49)51-44(40-47)41-50-45(48)38-34-30-26-22-18-15-14-16-20-24-28-32-36-42(2)3/h42-44,47H,5-41H2,1-4H3/t43?,44-/m0/s1. The Morgan fingerprint density at radius 3 is 1.10 bits per heavy atom. The van der Waals surface area contributed by atoms with Crippen LogP contribution in [0.1, 0.15) is 252 Å². The molecular weight excluding hydrogens is 633 g/mol. The van der Waals surface area contributed by atoms with Gasteiger partial charge in [0.05, 0.1) is 6.61 Å². The van der Waals surface area contributed by atoms with E-state index < -0.39 is 6.10 Å². The topological polar surface area (TPSA) is 72.8 Å². The monoisotopic (exact) mass is 723 g/mol. The Labute approximate surface area is 319 Å². The molecule has 5 nitrogen and oxygen atoms in total. The number of hydrogen-bond donors (Lipinski definition) is 1. The number of esters is 2. The molecule has 2 atom stereocenters. The van der Waals surface area contributed by atoms with Gasteiger partial charge in [-0.15, -0.1) is 0 Å². The summed E-state index contributed by atoms with van der Waals surface area (Å²) in [7, 11) is 0. The van der Waals surface area contributed by atoms with Crippen molar-refractivity contribution in [2.45, 2.75) is 259 Å². The summed E-state index contributed by atoms with van der Waals surface area (Å²) < 4.78 is 10.7. The van der Waals surface area contributed by atoms with E-state index in [1.807, 2.05) is 0 Å². The average Bonchev–Trinajstić information content (AvgIpc) is 3.12. The SMILES string of the molecule is CCC(C)CCCCCCCCCCCCCCCCCCCCC(=O)O[C@@H](CO)COC(=O)CCCCCCCCCCCCCCC(C)C. The Balaban J connectivity index is 3.46. The van der Waals surface area contributed by atoms with Crippen molar-refractivity contribution in [3.63, 3.8) is 0 Å². The fourth-order valence-electron chi connectivity index (χ4n) is 7.01. The summed E-state index contributed by atoms with van der Waals surface area (Å²) in [6.45, 7) is 8.93. The fourth-order valence-corrected chi connectivity index (χ4v) is 7.01. The van der Waals surface area contributed by atoms with Gasteiger partial charge < -0.3 is 14.6 Å². The first kappa shape index (κ1) is 49.9. The van der Waals surface area contributed by atoms with E-state index in [-0.39, 0.29) is 25.2 Å². The van der Waals surface area contributed by atoms with Gasteiger partial charge in [0.15, 0.2) is 6.10 Å². The minimum atomic E-state index is -0.763. The van der Waals surface area contributed by atoms with Gasteiger partial charge in [-0.2, -0.15) is 0 Å². The summed E-state index contributed by atoms with van der Waals surface area (Å²) in [5, 5.41) is 9.59. The molecule has 0 aromatic carbocycles. The van der Waals surface area contributed by atoms with Crippen LogP contribution in [0.5, 0.6) is 0 Å². The van der Waals surface area contributed by atoms with Gasteiger partial charge >= 0.3 is 11.9 Å². The molecule has 0 radical (unpaired) electrons. The van der Waals surface area contributed by atoms with E-state index in [0.717, 1.165) is 43.9 Å². The van der Waals surface area contributed by atoms with Crippen LogP contribution in [0.25, 0.3) is 0 Å². The molecule has 0 rings (SSSR count). The number of carbonyl (C=O) groups excluding carboxylic acids is 2. The van der Waals surface area contributed by atoms with Crippen molar-refractivity contribution >= 4 is 11.9 Å². The van der Waals surface area contributed by atoms with Gasteiger partial charge in [0, 0.05) is 12.8 Å². The van der Waals surface area contributed by atoms with Crippen LogP contribution in [0.2, 0.25) is 0 Å². The molecule has 0 aromatic rings. The highest BCUT2D eigenvalue weighted by Gasteiger charge is 2.16. The lowest BCUT2D eigenvalue weighted by atomic mass is 9.99. The van der Waals surface area contributed by atoms with E-state index in [4.69, 9.17) is 9.47 Å². The van der Waals surface area contributed by atoms with E-state index in [1.54, 1.807) is 0 Å². The third-order valence-electron chi connectivity index (χ3n) is 10.9. The Morgan fingerprint density at radius 2 is 0.765 bits per heavy atom. The number of aliphatic hydroxyl groups excluding tert-OH is 1. The summed E-state index contributed by atoms with van der Waals surface area (Å²) in [4.78, 5) is 24.3. The molecule has 1 unspecified atom stereocenters. The highest BCUT2D eigenvalue weighted by atomic mass is 16.6. The third-order valence-corrected chi connectivity index (χ3v) is 10.9. The lowest BCUT2D eigenvalue weighted by Gasteiger charge is -2.15. The molecule has 0 aliphatic rings. The summed E-state index contributed by atoms with van der Waals surface area (Å²) >= 11 is 0. The Morgan fingerprint density at radius 1 is 0.451 bits per heavy atom. The summed E-state index contributed by atoms with van der Waals surface area (Å²) in [6, 6.07) is 0. The van der Waals surface area contributed by atoms with E-state index >= 15 is 0 Å². The molecule has 0 heterocycles. The quantitative estimate of drug-likeness (QED) is 0.0502. The first-order chi connectivity index (χ1) is 24.9. The van der Waals surface area contributed by atoms with Gasteiger partial charge in [-0.3, -0.25) is 9.59 Å². The van der Waals surface area contributed by atoms with Gasteiger partial charge in [-0.1, -0.05) is 227 Å². The lowest BCUT2D eigenvalue weighted by molar-refractivity contribution is -0.161. The number of ether oxygens (including phenoxy) is 2. The van der Waals surface area contributed by atoms with Gasteiger partial charge in [-0.25, -0.2) is 0 Å². The molecule has 0 fully saturated rings. The zero-order valence-electron chi connectivity index (χ0n) is 35.0. The number of carbonyl (C=O) groups is 2. The molecule has 1 N–H and O–H groups in total. The van der Waals surface area contributed by atoms with E-state index in [9.17, 15) is 14.7 Å². The van der Waals surface area contributed by atoms with Crippen LogP contribution in [0, 0.1) is 11.8 Å². The predicted octanol–water partition coefficient (Wildman–Crippen LogP) is 14.4. The second-order valence-electron chi connectivity index (χ2n) is 16.6. The summed E-state index contributed by atoms with van der Waals surface area (Å²) in [6.07, 6.45) is 43.1. The molecule has 0 saturated heterocycles. The first-order valence-corrected chi connectivity index (χ1v) is 22.8. The van der Waals surface area contributed by atoms with Crippen molar-refractivity contribution in [1.29, 1.82) is 0 Å². The van der Waals surface area contributed by atoms with E-state index in [2.05, 4.69) is 27.7 Å². The zero-order valence-corrected chi connectivity index (χ0v) is 35.0. The molecule has 51 heavy (non-hydrogen) atoms. The molecule has 0 amide bonds. The molecule has 0 aliphatic heterocycles. The van der Waals surface area contributed by atoms with E-state index in [0.29, 0.717) is 12.8 Å². The van der Waals surface area contributed by atoms with Crippen LogP contribution in [-0.4, -0.2) is 36.4 Å². The van der Waals surface area contributed by atoms with Crippen molar-refractivity contribution in [2.75, 3.05) is 13.2 Å². The zero-order chi connectivity index (χ0) is 37.5. The van der Waals surface area contributed by atoms with Crippen molar-refractivity contribution in [2.24, 2.45) is 11.8 Å². The largest absolute Gasteiger partial charge is 0.462 e. The highest BCUT2D eigenvalue weighted by Crippen LogP contribution is 2.18. The normalized spacial score (nSPS) is 12.7. The van der Waals surface area contributed by atoms with Crippen LogP contribution in [0.3, 0.4) is 0 Å².